The molecular formula is C8H20N2O2S. The summed E-state index contributed by atoms with van der Waals surface area (Å²) in [4.78, 5) is 0. The lowest BCUT2D eigenvalue weighted by Gasteiger charge is -2.11. The van der Waals surface area contributed by atoms with E-state index in [1.165, 1.54) is 0 Å². The Morgan fingerprint density at radius 1 is 0.923 bits per heavy atom. The summed E-state index contributed by atoms with van der Waals surface area (Å²) in [6.45, 7) is 7.69. The van der Waals surface area contributed by atoms with E-state index in [1.54, 1.807) is 0 Å². The highest BCUT2D eigenvalue weighted by atomic mass is 32.2. The van der Waals surface area contributed by atoms with Crippen LogP contribution in [-0.4, -0.2) is 32.3 Å². The molecule has 0 aliphatic heterocycles. The van der Waals surface area contributed by atoms with Crippen molar-refractivity contribution in [1.29, 1.82) is 0 Å². The van der Waals surface area contributed by atoms with Crippen molar-refractivity contribution in [1.82, 2.24) is 10.6 Å². The Kier molecular flexibility index (Phi) is 5.51. The summed E-state index contributed by atoms with van der Waals surface area (Å²) < 4.78 is 22.6. The van der Waals surface area contributed by atoms with E-state index < -0.39 is 9.84 Å². The average Bonchev–Trinajstić information content (AvgIpc) is 1.98. The molecule has 0 aliphatic rings. The second-order valence-corrected chi connectivity index (χ2v) is 5.81. The third kappa shape index (κ3) is 8.21. The van der Waals surface area contributed by atoms with Crippen LogP contribution in [-0.2, 0) is 9.84 Å². The van der Waals surface area contributed by atoms with E-state index in [1.807, 2.05) is 27.7 Å². The highest BCUT2D eigenvalue weighted by molar-refractivity contribution is 7.91. The van der Waals surface area contributed by atoms with Crippen LogP contribution in [0.3, 0.4) is 0 Å². The Labute approximate surface area is 81.0 Å². The fourth-order valence-electron chi connectivity index (χ4n) is 0.638. The van der Waals surface area contributed by atoms with E-state index in [0.717, 1.165) is 0 Å². The standard InChI is InChI=1S/C8H20N2O2S/c1-7(2)9-5-13(11,12)6-10-8(3)4/h7-10H,5-6H2,1-4H3. The zero-order valence-electron chi connectivity index (χ0n) is 8.79. The Balaban J connectivity index is 3.81. The van der Waals surface area contributed by atoms with Gasteiger partial charge in [0.2, 0.25) is 0 Å². The Bertz CT molecular complexity index is 204. The maximum Gasteiger partial charge on any atom is 0.176 e. The van der Waals surface area contributed by atoms with E-state index in [4.69, 9.17) is 0 Å². The quantitative estimate of drug-likeness (QED) is 0.659. The van der Waals surface area contributed by atoms with Crippen LogP contribution in [0, 0.1) is 0 Å². The summed E-state index contributed by atoms with van der Waals surface area (Å²) in [7, 11) is -2.99. The lowest BCUT2D eigenvalue weighted by Crippen LogP contribution is -2.36. The first kappa shape index (κ1) is 12.9. The van der Waals surface area contributed by atoms with Crippen LogP contribution in [0.1, 0.15) is 27.7 Å². The molecule has 0 aliphatic carbocycles. The molecule has 0 aromatic carbocycles. The molecule has 2 N–H and O–H groups in total. The van der Waals surface area contributed by atoms with Crippen LogP contribution in [0.4, 0.5) is 0 Å². The van der Waals surface area contributed by atoms with Gasteiger partial charge in [-0.2, -0.15) is 0 Å². The molecule has 4 nitrogen and oxygen atoms in total. The van der Waals surface area contributed by atoms with Gasteiger partial charge in [0.15, 0.2) is 9.84 Å². The van der Waals surface area contributed by atoms with Gasteiger partial charge in [-0.3, -0.25) is 0 Å². The fourth-order valence-corrected chi connectivity index (χ4v) is 1.91. The molecule has 0 aromatic rings. The maximum absolute atomic E-state index is 11.3. The highest BCUT2D eigenvalue weighted by Gasteiger charge is 2.10. The number of rotatable bonds is 6. The second kappa shape index (κ2) is 5.57. The predicted molar refractivity (Wildman–Crippen MR) is 55.2 cm³/mol. The summed E-state index contributed by atoms with van der Waals surface area (Å²) in [5, 5.41) is 5.76. The molecule has 0 aromatic heterocycles. The van der Waals surface area contributed by atoms with Crippen LogP contribution < -0.4 is 10.6 Å². The van der Waals surface area contributed by atoms with Crippen LogP contribution in [0.2, 0.25) is 0 Å². The molecule has 0 bridgehead atoms. The van der Waals surface area contributed by atoms with Crippen molar-refractivity contribution in [3.05, 3.63) is 0 Å². The largest absolute Gasteiger partial charge is 0.301 e. The molecule has 5 heteroatoms. The summed E-state index contributed by atoms with van der Waals surface area (Å²) in [6.07, 6.45) is 0. The maximum atomic E-state index is 11.3. The molecule has 0 amide bonds. The van der Waals surface area contributed by atoms with Gasteiger partial charge in [-0.15, -0.1) is 0 Å². The molecule has 0 saturated carbocycles. The van der Waals surface area contributed by atoms with Crippen molar-refractivity contribution in [2.75, 3.05) is 11.8 Å². The van der Waals surface area contributed by atoms with Gasteiger partial charge in [0.25, 0.3) is 0 Å². The Hall–Kier alpha value is -0.130. The van der Waals surface area contributed by atoms with E-state index in [2.05, 4.69) is 10.6 Å². The lowest BCUT2D eigenvalue weighted by molar-refractivity contribution is 0.555. The van der Waals surface area contributed by atoms with Gasteiger partial charge in [0.05, 0.1) is 0 Å². The summed E-state index contributed by atoms with van der Waals surface area (Å²) >= 11 is 0. The SMILES string of the molecule is CC(C)NCS(=O)(=O)CNC(C)C. The first-order chi connectivity index (χ1) is 5.83. The normalized spacial score (nSPS) is 12.8. The first-order valence-corrected chi connectivity index (χ1v) is 6.33. The van der Waals surface area contributed by atoms with Crippen LogP contribution in [0.25, 0.3) is 0 Å². The van der Waals surface area contributed by atoms with Gasteiger partial charge in [0.1, 0.15) is 11.8 Å². The van der Waals surface area contributed by atoms with Crippen molar-refractivity contribution in [2.45, 2.75) is 39.8 Å². The summed E-state index contributed by atoms with van der Waals surface area (Å²) in [6, 6.07) is 0.405. The molecule has 80 valence electrons. The first-order valence-electron chi connectivity index (χ1n) is 4.50. The number of hydrogen-bond donors (Lipinski definition) is 2. The Morgan fingerprint density at radius 2 is 1.23 bits per heavy atom. The zero-order valence-corrected chi connectivity index (χ0v) is 9.61. The highest BCUT2D eigenvalue weighted by Crippen LogP contribution is 1.88. The minimum Gasteiger partial charge on any atom is -0.301 e. The third-order valence-corrected chi connectivity index (χ3v) is 2.64. The topological polar surface area (TPSA) is 58.2 Å². The predicted octanol–water partition coefficient (Wildman–Crippen LogP) is 0.312. The number of sulfone groups is 1. The molecule has 0 radical (unpaired) electrons. The molecular weight excluding hydrogens is 188 g/mol. The summed E-state index contributed by atoms with van der Waals surface area (Å²) in [5.41, 5.74) is 0. The molecule has 0 heterocycles. The van der Waals surface area contributed by atoms with Gasteiger partial charge in [-0.25, -0.2) is 8.42 Å². The molecule has 13 heavy (non-hydrogen) atoms. The van der Waals surface area contributed by atoms with Gasteiger partial charge in [-0.05, 0) is 0 Å². The molecule has 0 fully saturated rings. The molecule has 0 atom stereocenters. The van der Waals surface area contributed by atoms with Crippen LogP contribution in [0.15, 0.2) is 0 Å². The van der Waals surface area contributed by atoms with E-state index >= 15 is 0 Å². The van der Waals surface area contributed by atoms with Crippen LogP contribution in [0.5, 0.6) is 0 Å². The fraction of sp³-hybridized carbons (Fsp3) is 1.00. The van der Waals surface area contributed by atoms with Gasteiger partial charge >= 0.3 is 0 Å². The number of nitrogens with one attached hydrogen (secondary N) is 2. The van der Waals surface area contributed by atoms with Crippen molar-refractivity contribution < 1.29 is 8.42 Å². The molecule has 0 unspecified atom stereocenters. The van der Waals surface area contributed by atoms with E-state index in [0.29, 0.717) is 0 Å². The van der Waals surface area contributed by atoms with Crippen molar-refractivity contribution in [3.8, 4) is 0 Å². The van der Waals surface area contributed by atoms with E-state index in [9.17, 15) is 8.42 Å². The van der Waals surface area contributed by atoms with Crippen LogP contribution >= 0.6 is 0 Å². The summed E-state index contributed by atoms with van der Waals surface area (Å²) in [5.74, 6) is 0.0920. The van der Waals surface area contributed by atoms with Crippen molar-refractivity contribution in [3.63, 3.8) is 0 Å². The van der Waals surface area contributed by atoms with Crippen molar-refractivity contribution in [2.24, 2.45) is 0 Å². The average molecular weight is 208 g/mol. The lowest BCUT2D eigenvalue weighted by atomic mass is 10.4. The molecule has 0 spiro atoms. The molecule has 0 rings (SSSR count). The second-order valence-electron chi connectivity index (χ2n) is 3.75. The molecule has 0 saturated heterocycles. The van der Waals surface area contributed by atoms with E-state index in [-0.39, 0.29) is 23.8 Å². The third-order valence-electron chi connectivity index (χ3n) is 1.42. The van der Waals surface area contributed by atoms with Gasteiger partial charge in [-0.1, -0.05) is 27.7 Å². The van der Waals surface area contributed by atoms with Gasteiger partial charge < -0.3 is 10.6 Å². The minimum absolute atomic E-state index is 0.0460. The Morgan fingerprint density at radius 3 is 1.46 bits per heavy atom. The monoisotopic (exact) mass is 208 g/mol. The smallest absolute Gasteiger partial charge is 0.176 e. The van der Waals surface area contributed by atoms with Crippen molar-refractivity contribution >= 4 is 9.84 Å². The van der Waals surface area contributed by atoms with Gasteiger partial charge in [0, 0.05) is 12.1 Å². The zero-order chi connectivity index (χ0) is 10.5. The minimum atomic E-state index is -2.99. The number of hydrogen-bond acceptors (Lipinski definition) is 4.